The first kappa shape index (κ1) is 20.2. The molecule has 2 heterocycles. The average molecular weight is 481 g/mol. The number of nitrogen functional groups attached to an aromatic ring is 1. The zero-order valence-corrected chi connectivity index (χ0v) is 19.1. The topological polar surface area (TPSA) is 68.0 Å². The summed E-state index contributed by atoms with van der Waals surface area (Å²) in [6.07, 6.45) is 1.70. The van der Waals surface area contributed by atoms with Crippen LogP contribution >= 0.6 is 15.9 Å². The predicted octanol–water partition coefficient (Wildman–Crippen LogP) is 5.00. The van der Waals surface area contributed by atoms with Crippen LogP contribution in [0.2, 0.25) is 0 Å². The van der Waals surface area contributed by atoms with Gasteiger partial charge in [0.25, 0.3) is 0 Å². The molecule has 0 amide bonds. The molecule has 5 rings (SSSR count). The Hall–Kier alpha value is -2.70. The second kappa shape index (κ2) is 7.77. The van der Waals surface area contributed by atoms with Crippen LogP contribution < -0.4 is 15.2 Å². The van der Waals surface area contributed by atoms with Crippen LogP contribution in [0.1, 0.15) is 39.9 Å². The lowest BCUT2D eigenvalue weighted by molar-refractivity contribution is 0.126. The van der Waals surface area contributed by atoms with E-state index in [4.69, 9.17) is 15.2 Å². The molecule has 0 unspecified atom stereocenters. The summed E-state index contributed by atoms with van der Waals surface area (Å²) in [6, 6.07) is 16.1. The van der Waals surface area contributed by atoms with Gasteiger partial charge in [0.1, 0.15) is 5.75 Å². The first-order valence-corrected chi connectivity index (χ1v) is 11.2. The van der Waals surface area contributed by atoms with E-state index in [2.05, 4.69) is 39.0 Å². The minimum Gasteiger partial charge on any atom is -0.504 e. The molecular weight excluding hydrogens is 456 g/mol. The molecule has 0 bridgehead atoms. The molecule has 2 atom stereocenters. The summed E-state index contributed by atoms with van der Waals surface area (Å²) in [5.74, 6) is 1.54. The van der Waals surface area contributed by atoms with Gasteiger partial charge < -0.3 is 20.3 Å². The lowest BCUT2D eigenvalue weighted by Crippen LogP contribution is -2.43. The predicted molar refractivity (Wildman–Crippen MR) is 125 cm³/mol. The molecule has 2 aliphatic heterocycles. The average Bonchev–Trinajstić information content (AvgIpc) is 2.80. The standard InChI is InChI=1S/C25H25BrN2O3/c1-30-15-7-8-16-14(11-15)9-10-28-21(16)12-18-19(26)13-22(31-2)25(29)23(18)24(28)17-5-3-4-6-20(17)27/h3-8,11,13,21,24,29H,9-10,12,27H2,1-2H3/t21-,24-/m0/s1. The first-order chi connectivity index (χ1) is 15.0. The first-order valence-electron chi connectivity index (χ1n) is 10.4. The van der Waals surface area contributed by atoms with Crippen molar-refractivity contribution >= 4 is 21.6 Å². The Kier molecular flexibility index (Phi) is 5.07. The van der Waals surface area contributed by atoms with Crippen LogP contribution in [-0.2, 0) is 12.8 Å². The molecule has 0 radical (unpaired) electrons. The van der Waals surface area contributed by atoms with E-state index in [0.29, 0.717) is 5.75 Å². The molecule has 0 aliphatic carbocycles. The Morgan fingerprint density at radius 3 is 2.61 bits per heavy atom. The van der Waals surface area contributed by atoms with Crippen molar-refractivity contribution in [1.82, 2.24) is 4.90 Å². The molecule has 31 heavy (non-hydrogen) atoms. The number of hydrogen-bond donors (Lipinski definition) is 2. The van der Waals surface area contributed by atoms with Crippen molar-refractivity contribution in [2.45, 2.75) is 24.9 Å². The van der Waals surface area contributed by atoms with Gasteiger partial charge in [0.15, 0.2) is 11.5 Å². The van der Waals surface area contributed by atoms with Gasteiger partial charge in [0.2, 0.25) is 0 Å². The van der Waals surface area contributed by atoms with Gasteiger partial charge in [-0.05, 0) is 59.4 Å². The second-order valence-electron chi connectivity index (χ2n) is 8.11. The highest BCUT2D eigenvalue weighted by atomic mass is 79.9. The van der Waals surface area contributed by atoms with Gasteiger partial charge in [-0.2, -0.15) is 0 Å². The molecule has 5 nitrogen and oxygen atoms in total. The summed E-state index contributed by atoms with van der Waals surface area (Å²) in [4.78, 5) is 2.47. The highest BCUT2D eigenvalue weighted by Crippen LogP contribution is 2.53. The number of fused-ring (bicyclic) bond motifs is 4. The summed E-state index contributed by atoms with van der Waals surface area (Å²) in [7, 11) is 3.28. The number of nitrogens with zero attached hydrogens (tertiary/aromatic N) is 1. The van der Waals surface area contributed by atoms with E-state index in [-0.39, 0.29) is 17.8 Å². The van der Waals surface area contributed by atoms with Gasteiger partial charge in [0, 0.05) is 28.3 Å². The fourth-order valence-corrected chi connectivity index (χ4v) is 5.74. The van der Waals surface area contributed by atoms with Gasteiger partial charge >= 0.3 is 0 Å². The molecule has 3 aromatic carbocycles. The van der Waals surface area contributed by atoms with E-state index in [9.17, 15) is 5.11 Å². The van der Waals surface area contributed by atoms with Crippen molar-refractivity contribution in [1.29, 1.82) is 0 Å². The number of aromatic hydroxyl groups is 1. The molecule has 0 aromatic heterocycles. The van der Waals surface area contributed by atoms with Crippen molar-refractivity contribution in [3.63, 3.8) is 0 Å². The minimum absolute atomic E-state index is 0.170. The molecule has 2 aliphatic rings. The number of methoxy groups -OCH3 is 2. The Labute approximate surface area is 190 Å². The lowest BCUT2D eigenvalue weighted by atomic mass is 9.78. The Morgan fingerprint density at radius 1 is 1.06 bits per heavy atom. The number of para-hydroxylation sites is 1. The Morgan fingerprint density at radius 2 is 1.87 bits per heavy atom. The fraction of sp³-hybridized carbons (Fsp3) is 0.280. The maximum atomic E-state index is 11.2. The van der Waals surface area contributed by atoms with Crippen LogP contribution in [-0.4, -0.2) is 30.8 Å². The summed E-state index contributed by atoms with van der Waals surface area (Å²) in [6.45, 7) is 0.859. The van der Waals surface area contributed by atoms with Gasteiger partial charge in [-0.3, -0.25) is 4.90 Å². The van der Waals surface area contributed by atoms with Crippen molar-refractivity contribution in [2.75, 3.05) is 26.5 Å². The number of halogens is 1. The minimum atomic E-state index is -0.170. The van der Waals surface area contributed by atoms with E-state index >= 15 is 0 Å². The molecule has 0 fully saturated rings. The number of phenolic OH excluding ortho intramolecular Hbond substituents is 1. The fourth-order valence-electron chi connectivity index (χ4n) is 5.16. The summed E-state index contributed by atoms with van der Waals surface area (Å²) >= 11 is 3.74. The number of rotatable bonds is 3. The number of ether oxygens (including phenoxy) is 2. The van der Waals surface area contributed by atoms with E-state index < -0.39 is 0 Å². The SMILES string of the molecule is COc1ccc2c(c1)CCN1[C@@H](c3ccccc3N)c3c(O)c(OC)cc(Br)c3C[C@@H]21. The monoisotopic (exact) mass is 480 g/mol. The normalized spacial score (nSPS) is 19.8. The highest BCUT2D eigenvalue weighted by Gasteiger charge is 2.42. The van der Waals surface area contributed by atoms with E-state index in [1.165, 1.54) is 11.1 Å². The molecule has 0 saturated heterocycles. The van der Waals surface area contributed by atoms with E-state index in [1.807, 2.05) is 30.3 Å². The number of nitrogens with two attached hydrogens (primary N) is 1. The van der Waals surface area contributed by atoms with Crippen LogP contribution in [0.3, 0.4) is 0 Å². The largest absolute Gasteiger partial charge is 0.504 e. The molecule has 0 saturated carbocycles. The number of anilines is 1. The zero-order chi connectivity index (χ0) is 21.7. The Bertz CT molecular complexity index is 1160. The van der Waals surface area contributed by atoms with Crippen LogP contribution in [0.15, 0.2) is 53.0 Å². The molecular formula is C25H25BrN2O3. The molecule has 3 aromatic rings. The van der Waals surface area contributed by atoms with Crippen LogP contribution in [0.4, 0.5) is 5.69 Å². The van der Waals surface area contributed by atoms with Gasteiger partial charge in [-0.15, -0.1) is 0 Å². The molecule has 160 valence electrons. The highest BCUT2D eigenvalue weighted by molar-refractivity contribution is 9.10. The lowest BCUT2D eigenvalue weighted by Gasteiger charge is -2.47. The van der Waals surface area contributed by atoms with Gasteiger partial charge in [0.05, 0.1) is 20.3 Å². The zero-order valence-electron chi connectivity index (χ0n) is 17.6. The van der Waals surface area contributed by atoms with Crippen molar-refractivity contribution in [3.05, 3.63) is 80.8 Å². The van der Waals surface area contributed by atoms with E-state index in [0.717, 1.165) is 52.0 Å². The van der Waals surface area contributed by atoms with Crippen LogP contribution in [0, 0.1) is 0 Å². The molecule has 3 N–H and O–H groups in total. The smallest absolute Gasteiger partial charge is 0.163 e. The van der Waals surface area contributed by atoms with Crippen LogP contribution in [0.5, 0.6) is 17.2 Å². The maximum absolute atomic E-state index is 11.2. The summed E-state index contributed by atoms with van der Waals surface area (Å²) in [5, 5.41) is 11.2. The maximum Gasteiger partial charge on any atom is 0.163 e. The van der Waals surface area contributed by atoms with Crippen molar-refractivity contribution in [3.8, 4) is 17.2 Å². The second-order valence-corrected chi connectivity index (χ2v) is 8.96. The van der Waals surface area contributed by atoms with Gasteiger partial charge in [-0.25, -0.2) is 0 Å². The van der Waals surface area contributed by atoms with Crippen LogP contribution in [0.25, 0.3) is 0 Å². The number of phenols is 1. The quantitative estimate of drug-likeness (QED) is 0.516. The molecule has 6 heteroatoms. The summed E-state index contributed by atoms with van der Waals surface area (Å²) < 4.78 is 11.9. The third-order valence-corrected chi connectivity index (χ3v) is 7.33. The third-order valence-electron chi connectivity index (χ3n) is 6.62. The van der Waals surface area contributed by atoms with Gasteiger partial charge in [-0.1, -0.05) is 40.2 Å². The van der Waals surface area contributed by atoms with E-state index in [1.54, 1.807) is 14.2 Å². The van der Waals surface area contributed by atoms with Crippen molar-refractivity contribution < 1.29 is 14.6 Å². The number of hydrogen-bond acceptors (Lipinski definition) is 5. The molecule has 0 spiro atoms. The third kappa shape index (κ3) is 3.17. The summed E-state index contributed by atoms with van der Waals surface area (Å²) in [5.41, 5.74) is 12.8. The number of benzene rings is 3. The Balaban J connectivity index is 1.75. The van der Waals surface area contributed by atoms with Crippen molar-refractivity contribution in [2.24, 2.45) is 0 Å².